The number of halogens is 33. The number of carbonyl (C=O) groups is 1. The predicted molar refractivity (Wildman–Crippen MR) is 111 cm³/mol. The molecule has 2 nitrogen and oxygen atoms in total. The van der Waals surface area contributed by atoms with Crippen LogP contribution in [0.25, 0.3) is 0 Å². The Kier molecular flexibility index (Phi) is 12.7. The molecule has 0 heterocycles. The highest BCUT2D eigenvalue weighted by molar-refractivity contribution is 5.87. The Morgan fingerprint density at radius 3 is 0.667 bits per heavy atom. The molecule has 0 amide bonds. The minimum absolute atomic E-state index is 0.409. The molecule has 0 aromatic heterocycles. The molecule has 0 radical (unpaired) electrons. The van der Waals surface area contributed by atoms with Crippen molar-refractivity contribution in [1.29, 1.82) is 0 Å². The second-order valence-electron chi connectivity index (χ2n) is 11.0. The quantitative estimate of drug-likeness (QED) is 0.0825. The molecule has 340 valence electrons. The number of ether oxygens (including phenoxy) is 1. The summed E-state index contributed by atoms with van der Waals surface area (Å²) in [4.78, 5) is 11.2. The number of hydrogen-bond acceptors (Lipinski definition) is 2. The zero-order chi connectivity index (χ0) is 47.4. The van der Waals surface area contributed by atoms with Gasteiger partial charge >= 0.3 is 101 Å². The number of carbonyl (C=O) groups excluding carboxylic acids is 1. The van der Waals surface area contributed by atoms with Crippen LogP contribution < -0.4 is 0 Å². The van der Waals surface area contributed by atoms with Gasteiger partial charge in [-0.1, -0.05) is 6.58 Å². The molecule has 0 aliphatic rings. The first-order chi connectivity index (χ1) is 24.0. The maximum atomic E-state index is 14.0. The van der Waals surface area contributed by atoms with Gasteiger partial charge in [-0.15, -0.1) is 0 Å². The Labute approximate surface area is 288 Å². The first-order valence-corrected chi connectivity index (χ1v) is 12.6. The molecular formula is C22H9F33O2. The average molecular weight is 932 g/mol. The highest BCUT2D eigenvalue weighted by atomic mass is 19.4. The van der Waals surface area contributed by atoms with Crippen molar-refractivity contribution in [3.8, 4) is 0 Å². The van der Waals surface area contributed by atoms with Gasteiger partial charge in [0.2, 0.25) is 0 Å². The highest BCUT2D eigenvalue weighted by Crippen LogP contribution is 2.70. The van der Waals surface area contributed by atoms with Gasteiger partial charge in [0.25, 0.3) is 0 Å². The molecule has 1 unspecified atom stereocenters. The standard InChI is InChI=1S/C22H9F33O2/c1-4(2)6(56)57-5(3)7(23,24)8(25,26)9(27,28)10(29,30)11(31,32)12(33,34)13(35,36)14(37,38)15(39,40)16(41,42)17(43,44)18(45,46)19(47,48)20(49,50)21(51,52)22(53,54)55/h5H,1H2,2-3H3. The molecule has 0 fully saturated rings. The van der Waals surface area contributed by atoms with Gasteiger partial charge in [-0.3, -0.25) is 0 Å². The first-order valence-electron chi connectivity index (χ1n) is 12.6. The molecule has 35 heteroatoms. The van der Waals surface area contributed by atoms with E-state index in [1.54, 1.807) is 0 Å². The van der Waals surface area contributed by atoms with Gasteiger partial charge in [0.15, 0.2) is 6.10 Å². The van der Waals surface area contributed by atoms with Crippen molar-refractivity contribution in [2.75, 3.05) is 0 Å². The summed E-state index contributed by atoms with van der Waals surface area (Å²) >= 11 is 0. The lowest BCUT2D eigenvalue weighted by molar-refractivity contribution is -0.491. The molecule has 0 bridgehead atoms. The van der Waals surface area contributed by atoms with E-state index in [1.165, 1.54) is 0 Å². The fraction of sp³-hybridized carbons (Fsp3) is 0.864. The molecule has 1 atom stereocenters. The molecule has 0 saturated carbocycles. The third-order valence-corrected chi connectivity index (χ3v) is 7.04. The summed E-state index contributed by atoms with van der Waals surface area (Å²) in [5.74, 6) is -146. The van der Waals surface area contributed by atoms with E-state index in [1.807, 2.05) is 0 Å². The van der Waals surface area contributed by atoms with Crippen molar-refractivity contribution >= 4 is 5.97 Å². The lowest BCUT2D eigenvalue weighted by Crippen LogP contribution is -2.80. The van der Waals surface area contributed by atoms with Gasteiger partial charge in [-0.2, -0.15) is 145 Å². The van der Waals surface area contributed by atoms with E-state index in [0.717, 1.165) is 0 Å². The maximum absolute atomic E-state index is 14.0. The van der Waals surface area contributed by atoms with Gasteiger partial charge < -0.3 is 4.74 Å². The summed E-state index contributed by atoms with van der Waals surface area (Å²) in [5, 5.41) is 0. The second kappa shape index (κ2) is 13.5. The van der Waals surface area contributed by atoms with Crippen LogP contribution in [0.4, 0.5) is 145 Å². The number of hydrogen-bond donors (Lipinski definition) is 0. The zero-order valence-electron chi connectivity index (χ0n) is 25.6. The minimum atomic E-state index is -10.2. The smallest absolute Gasteiger partial charge is 0.453 e. The van der Waals surface area contributed by atoms with E-state index in [9.17, 15) is 150 Å². The number of rotatable bonds is 17. The van der Waals surface area contributed by atoms with E-state index >= 15 is 0 Å². The Bertz CT molecular complexity index is 1510. The van der Waals surface area contributed by atoms with Gasteiger partial charge in [0, 0.05) is 5.57 Å². The summed E-state index contributed by atoms with van der Waals surface area (Å²) in [6, 6.07) is 0. The van der Waals surface area contributed by atoms with Crippen LogP contribution in [0.5, 0.6) is 0 Å². The Hall–Kier alpha value is -3.10. The van der Waals surface area contributed by atoms with Crippen LogP contribution >= 0.6 is 0 Å². The number of alkyl halides is 33. The van der Waals surface area contributed by atoms with Crippen molar-refractivity contribution in [2.45, 2.75) is 115 Å². The van der Waals surface area contributed by atoms with Crippen molar-refractivity contribution < 1.29 is 154 Å². The second-order valence-corrected chi connectivity index (χ2v) is 11.0. The molecule has 0 spiro atoms. The van der Waals surface area contributed by atoms with Crippen molar-refractivity contribution in [3.05, 3.63) is 12.2 Å². The maximum Gasteiger partial charge on any atom is 0.460 e. The normalized spacial score (nSPS) is 17.1. The minimum Gasteiger partial charge on any atom is -0.453 e. The molecule has 57 heavy (non-hydrogen) atoms. The Morgan fingerprint density at radius 1 is 0.351 bits per heavy atom. The topological polar surface area (TPSA) is 26.3 Å². The van der Waals surface area contributed by atoms with Crippen LogP contribution in [0.2, 0.25) is 0 Å². The van der Waals surface area contributed by atoms with Crippen LogP contribution in [0, 0.1) is 0 Å². The van der Waals surface area contributed by atoms with Crippen LogP contribution in [-0.2, 0) is 9.53 Å². The van der Waals surface area contributed by atoms with E-state index in [0.29, 0.717) is 6.92 Å². The van der Waals surface area contributed by atoms with E-state index < -0.39 is 120 Å². The largest absolute Gasteiger partial charge is 0.460 e. The van der Waals surface area contributed by atoms with Gasteiger partial charge in [-0.25, -0.2) is 4.79 Å². The van der Waals surface area contributed by atoms with Crippen LogP contribution in [0.3, 0.4) is 0 Å². The van der Waals surface area contributed by atoms with Gasteiger partial charge in [-0.05, 0) is 13.8 Å². The molecule has 0 aromatic carbocycles. The molecule has 0 aromatic rings. The summed E-state index contributed by atoms with van der Waals surface area (Å²) in [6.07, 6.45) is -12.8. The molecular weight excluding hydrogens is 923 g/mol. The summed E-state index contributed by atoms with van der Waals surface area (Å²) in [5.41, 5.74) is -1.19. The van der Waals surface area contributed by atoms with E-state index in [2.05, 4.69) is 11.3 Å². The third kappa shape index (κ3) is 6.44. The van der Waals surface area contributed by atoms with E-state index in [4.69, 9.17) is 0 Å². The van der Waals surface area contributed by atoms with Crippen LogP contribution in [-0.4, -0.2) is 107 Å². The van der Waals surface area contributed by atoms with E-state index in [-0.39, 0.29) is 0 Å². The Morgan fingerprint density at radius 2 is 0.509 bits per heavy atom. The lowest BCUT2D eigenvalue weighted by atomic mass is 9.82. The monoisotopic (exact) mass is 932 g/mol. The van der Waals surface area contributed by atoms with Crippen molar-refractivity contribution in [3.63, 3.8) is 0 Å². The third-order valence-electron chi connectivity index (χ3n) is 7.04. The SMILES string of the molecule is C=C(C)C(=O)OC(C)C(F)(F)C(F)(F)C(F)(F)C(F)(F)C(F)(F)C(F)(F)C(F)(F)C(F)(F)C(F)(F)C(F)(F)C(F)(F)C(F)(F)C(F)(F)C(F)(F)C(F)(F)C(F)(F)F. The summed E-state index contributed by atoms with van der Waals surface area (Å²) in [7, 11) is 0. The summed E-state index contributed by atoms with van der Waals surface area (Å²) < 4.78 is 453. The Balaban J connectivity index is 7.72. The zero-order valence-corrected chi connectivity index (χ0v) is 25.6. The van der Waals surface area contributed by atoms with Crippen molar-refractivity contribution in [2.24, 2.45) is 0 Å². The molecule has 0 saturated heterocycles. The van der Waals surface area contributed by atoms with Crippen LogP contribution in [0.15, 0.2) is 12.2 Å². The highest BCUT2D eigenvalue weighted by Gasteiger charge is 3.02. The van der Waals surface area contributed by atoms with Gasteiger partial charge in [0.1, 0.15) is 0 Å². The predicted octanol–water partition coefficient (Wildman–Crippen LogP) is 11.6. The average Bonchev–Trinajstić information content (AvgIpc) is 2.98. The number of esters is 1. The summed E-state index contributed by atoms with van der Waals surface area (Å²) in [6.45, 7) is 2.20. The fourth-order valence-corrected chi connectivity index (χ4v) is 3.34. The lowest BCUT2D eigenvalue weighted by Gasteiger charge is -2.47. The van der Waals surface area contributed by atoms with Gasteiger partial charge in [0.05, 0.1) is 0 Å². The molecule has 0 N–H and O–H groups in total. The molecule has 0 aliphatic carbocycles. The fourth-order valence-electron chi connectivity index (χ4n) is 3.34. The van der Waals surface area contributed by atoms with Crippen molar-refractivity contribution in [1.82, 2.24) is 0 Å². The molecule has 0 aliphatic heterocycles. The molecule has 0 rings (SSSR count). The first kappa shape index (κ1) is 53.9. The van der Waals surface area contributed by atoms with Crippen LogP contribution in [0.1, 0.15) is 13.8 Å².